The predicted molar refractivity (Wildman–Crippen MR) is 79.7 cm³/mol. The summed E-state index contributed by atoms with van der Waals surface area (Å²) in [4.78, 5) is 13.9. The minimum atomic E-state index is -0.357. The zero-order valence-corrected chi connectivity index (χ0v) is 12.2. The molecule has 1 aromatic carbocycles. The Morgan fingerprint density at radius 2 is 2.18 bits per heavy atom. The summed E-state index contributed by atoms with van der Waals surface area (Å²) in [5.41, 5.74) is 0.481. The van der Waals surface area contributed by atoms with Crippen LogP contribution in [0.25, 0.3) is 0 Å². The fourth-order valence-corrected chi connectivity index (χ4v) is 2.68. The molecule has 2 amide bonds. The van der Waals surface area contributed by atoms with Crippen molar-refractivity contribution in [3.63, 3.8) is 0 Å². The quantitative estimate of drug-likeness (QED) is 0.947. The van der Waals surface area contributed by atoms with Gasteiger partial charge in [-0.15, -0.1) is 5.10 Å². The fraction of sp³-hybridized carbons (Fsp3) is 0.400. The van der Waals surface area contributed by atoms with E-state index in [1.54, 1.807) is 23.2 Å². The molecule has 1 aliphatic heterocycles. The zero-order chi connectivity index (χ0) is 15.4. The number of hydrogen-bond donors (Lipinski definition) is 1. The van der Waals surface area contributed by atoms with Gasteiger partial charge in [-0.05, 0) is 37.0 Å². The predicted octanol–water partition coefficient (Wildman–Crippen LogP) is 2.36. The Labute approximate surface area is 127 Å². The molecule has 1 saturated heterocycles. The van der Waals surface area contributed by atoms with Crippen LogP contribution in [0.3, 0.4) is 0 Å². The molecule has 1 aliphatic rings. The number of halogens is 1. The van der Waals surface area contributed by atoms with Gasteiger partial charge >= 0.3 is 6.03 Å². The van der Waals surface area contributed by atoms with Gasteiger partial charge in [-0.3, -0.25) is 4.68 Å². The first kappa shape index (κ1) is 14.5. The van der Waals surface area contributed by atoms with Crippen LogP contribution in [0, 0.1) is 11.7 Å². The van der Waals surface area contributed by atoms with E-state index < -0.39 is 0 Å². The second-order valence-electron chi connectivity index (χ2n) is 5.50. The van der Waals surface area contributed by atoms with Gasteiger partial charge in [-0.1, -0.05) is 11.3 Å². The maximum absolute atomic E-state index is 13.1. The molecule has 116 valence electrons. The van der Waals surface area contributed by atoms with Crippen LogP contribution in [0.5, 0.6) is 0 Å². The van der Waals surface area contributed by atoms with Crippen molar-refractivity contribution >= 4 is 11.7 Å². The van der Waals surface area contributed by atoms with E-state index in [0.29, 0.717) is 24.7 Å². The molecule has 6 nitrogen and oxygen atoms in total. The number of aromatic nitrogens is 3. The SMILES string of the molecule is O=C(Nc1cccc(F)c1)N1CCC(Cn2ccnn2)CC1. The van der Waals surface area contributed by atoms with Crippen molar-refractivity contribution in [2.45, 2.75) is 19.4 Å². The third-order valence-corrected chi connectivity index (χ3v) is 3.89. The van der Waals surface area contributed by atoms with E-state index in [1.807, 2.05) is 10.9 Å². The molecule has 22 heavy (non-hydrogen) atoms. The number of nitrogens with one attached hydrogen (secondary N) is 1. The van der Waals surface area contributed by atoms with Crippen molar-refractivity contribution in [2.24, 2.45) is 5.92 Å². The van der Waals surface area contributed by atoms with Crippen LogP contribution in [0.2, 0.25) is 0 Å². The Balaban J connectivity index is 1.49. The van der Waals surface area contributed by atoms with Gasteiger partial charge in [0.2, 0.25) is 0 Å². The Bertz CT molecular complexity index is 623. The maximum Gasteiger partial charge on any atom is 0.321 e. The highest BCUT2D eigenvalue weighted by molar-refractivity contribution is 5.89. The van der Waals surface area contributed by atoms with Crippen LogP contribution in [0.1, 0.15) is 12.8 Å². The molecule has 0 atom stereocenters. The molecule has 0 radical (unpaired) electrons. The van der Waals surface area contributed by atoms with E-state index in [0.717, 1.165) is 19.4 Å². The van der Waals surface area contributed by atoms with Crippen LogP contribution < -0.4 is 5.32 Å². The minimum Gasteiger partial charge on any atom is -0.325 e. The summed E-state index contributed by atoms with van der Waals surface area (Å²) in [6.07, 6.45) is 5.37. The third-order valence-electron chi connectivity index (χ3n) is 3.89. The van der Waals surface area contributed by atoms with Gasteiger partial charge in [0.1, 0.15) is 5.82 Å². The standard InChI is InChI=1S/C15H18FN5O/c16-13-2-1-3-14(10-13)18-15(22)20-7-4-12(5-8-20)11-21-9-6-17-19-21/h1-3,6,9-10,12H,4-5,7-8,11H2,(H,18,22). The van der Waals surface area contributed by atoms with Crippen molar-refractivity contribution in [1.29, 1.82) is 0 Å². The molecular weight excluding hydrogens is 285 g/mol. The Morgan fingerprint density at radius 1 is 1.36 bits per heavy atom. The van der Waals surface area contributed by atoms with Crippen LogP contribution in [-0.2, 0) is 6.54 Å². The normalized spacial score (nSPS) is 15.8. The van der Waals surface area contributed by atoms with E-state index in [4.69, 9.17) is 0 Å². The van der Waals surface area contributed by atoms with Gasteiger partial charge in [0.15, 0.2) is 0 Å². The third kappa shape index (κ3) is 3.60. The number of benzene rings is 1. The smallest absolute Gasteiger partial charge is 0.321 e. The molecule has 1 N–H and O–H groups in total. The molecule has 0 unspecified atom stereocenters. The minimum absolute atomic E-state index is 0.176. The van der Waals surface area contributed by atoms with Crippen molar-refractivity contribution in [3.8, 4) is 0 Å². The molecule has 1 aromatic heterocycles. The van der Waals surface area contributed by atoms with Crippen molar-refractivity contribution < 1.29 is 9.18 Å². The van der Waals surface area contributed by atoms with Crippen LogP contribution in [0.15, 0.2) is 36.7 Å². The summed E-state index contributed by atoms with van der Waals surface area (Å²) in [7, 11) is 0. The lowest BCUT2D eigenvalue weighted by Crippen LogP contribution is -2.41. The molecule has 2 heterocycles. The number of hydrogen-bond acceptors (Lipinski definition) is 3. The highest BCUT2D eigenvalue weighted by Crippen LogP contribution is 2.20. The molecule has 0 saturated carbocycles. The van der Waals surface area contributed by atoms with Gasteiger partial charge in [-0.2, -0.15) is 0 Å². The number of carbonyl (C=O) groups is 1. The fourth-order valence-electron chi connectivity index (χ4n) is 2.68. The summed E-state index contributed by atoms with van der Waals surface area (Å²) < 4.78 is 14.9. The number of nitrogens with zero attached hydrogens (tertiary/aromatic N) is 4. The monoisotopic (exact) mass is 303 g/mol. The summed E-state index contributed by atoms with van der Waals surface area (Å²) in [5, 5.41) is 10.5. The van der Waals surface area contributed by atoms with Gasteiger partial charge in [-0.25, -0.2) is 9.18 Å². The molecule has 1 fully saturated rings. The van der Waals surface area contributed by atoms with Gasteiger partial charge < -0.3 is 10.2 Å². The van der Waals surface area contributed by atoms with Gasteiger partial charge in [0, 0.05) is 31.5 Å². The lowest BCUT2D eigenvalue weighted by Gasteiger charge is -2.31. The van der Waals surface area contributed by atoms with E-state index in [1.165, 1.54) is 12.1 Å². The van der Waals surface area contributed by atoms with Crippen LogP contribution >= 0.6 is 0 Å². The van der Waals surface area contributed by atoms with E-state index >= 15 is 0 Å². The number of carbonyl (C=O) groups excluding carboxylic acids is 1. The Hall–Kier alpha value is -2.44. The average Bonchev–Trinajstić information content (AvgIpc) is 3.01. The van der Waals surface area contributed by atoms with Crippen LogP contribution in [0.4, 0.5) is 14.9 Å². The van der Waals surface area contributed by atoms with Crippen molar-refractivity contribution in [1.82, 2.24) is 19.9 Å². The number of rotatable bonds is 3. The van der Waals surface area contributed by atoms with E-state index in [9.17, 15) is 9.18 Å². The number of likely N-dealkylation sites (tertiary alicyclic amines) is 1. The molecule has 0 aliphatic carbocycles. The highest BCUT2D eigenvalue weighted by Gasteiger charge is 2.23. The first-order chi connectivity index (χ1) is 10.7. The lowest BCUT2D eigenvalue weighted by atomic mass is 9.97. The summed E-state index contributed by atoms with van der Waals surface area (Å²) in [6.45, 7) is 2.22. The molecule has 0 spiro atoms. The van der Waals surface area contributed by atoms with Gasteiger partial charge in [0.05, 0.1) is 6.20 Å². The molecular formula is C15H18FN5O. The second kappa shape index (κ2) is 6.55. The topological polar surface area (TPSA) is 63.1 Å². The van der Waals surface area contributed by atoms with E-state index in [-0.39, 0.29) is 11.8 Å². The number of anilines is 1. The maximum atomic E-state index is 13.1. The molecule has 7 heteroatoms. The lowest BCUT2D eigenvalue weighted by molar-refractivity contribution is 0.175. The Kier molecular flexibility index (Phi) is 4.32. The number of urea groups is 1. The summed E-state index contributed by atoms with van der Waals surface area (Å²) in [5.74, 6) is 0.143. The van der Waals surface area contributed by atoms with Gasteiger partial charge in [0.25, 0.3) is 0 Å². The highest BCUT2D eigenvalue weighted by atomic mass is 19.1. The second-order valence-corrected chi connectivity index (χ2v) is 5.50. The Morgan fingerprint density at radius 3 is 2.86 bits per heavy atom. The number of piperidine rings is 1. The molecule has 3 rings (SSSR count). The summed E-state index contributed by atoms with van der Waals surface area (Å²) in [6, 6.07) is 5.75. The number of amides is 2. The first-order valence-corrected chi connectivity index (χ1v) is 7.36. The zero-order valence-electron chi connectivity index (χ0n) is 12.2. The average molecular weight is 303 g/mol. The van der Waals surface area contributed by atoms with Crippen molar-refractivity contribution in [3.05, 3.63) is 42.5 Å². The van der Waals surface area contributed by atoms with E-state index in [2.05, 4.69) is 15.6 Å². The molecule has 2 aromatic rings. The largest absolute Gasteiger partial charge is 0.325 e. The first-order valence-electron chi connectivity index (χ1n) is 7.36. The van der Waals surface area contributed by atoms with Crippen LogP contribution in [-0.4, -0.2) is 39.0 Å². The summed E-state index contributed by atoms with van der Waals surface area (Å²) >= 11 is 0. The molecule has 0 bridgehead atoms. The van der Waals surface area contributed by atoms with Crippen molar-refractivity contribution in [2.75, 3.05) is 18.4 Å².